The zero-order valence-corrected chi connectivity index (χ0v) is 10.4. The fourth-order valence-corrected chi connectivity index (χ4v) is 2.56. The summed E-state index contributed by atoms with van der Waals surface area (Å²) >= 11 is 0. The van der Waals surface area contributed by atoms with E-state index in [4.69, 9.17) is 0 Å². The Morgan fingerprint density at radius 1 is 1.18 bits per heavy atom. The molecule has 2 rings (SSSR count). The average molecular weight is 239 g/mol. The van der Waals surface area contributed by atoms with E-state index in [1.54, 1.807) is 4.90 Å². The Morgan fingerprint density at radius 2 is 1.88 bits per heavy atom. The lowest BCUT2D eigenvalue weighted by atomic mass is 10.2. The molecule has 0 saturated carbocycles. The van der Waals surface area contributed by atoms with Crippen LogP contribution in [0.25, 0.3) is 0 Å². The molecule has 0 spiro atoms. The predicted molar refractivity (Wildman–Crippen MR) is 64.5 cm³/mol. The van der Waals surface area contributed by atoms with Gasteiger partial charge in [-0.1, -0.05) is 0 Å². The SMILES string of the molecule is CC1CCCN1C(=O)CC(=O)N1CCNCC1. The van der Waals surface area contributed by atoms with Crippen LogP contribution in [0.3, 0.4) is 0 Å². The van der Waals surface area contributed by atoms with Crippen LogP contribution in [0.1, 0.15) is 26.2 Å². The highest BCUT2D eigenvalue weighted by Crippen LogP contribution is 2.17. The second-order valence-electron chi connectivity index (χ2n) is 4.89. The summed E-state index contributed by atoms with van der Waals surface area (Å²) in [4.78, 5) is 27.5. The van der Waals surface area contributed by atoms with Gasteiger partial charge >= 0.3 is 0 Å². The van der Waals surface area contributed by atoms with Gasteiger partial charge in [0, 0.05) is 38.8 Å². The Bertz CT molecular complexity index is 300. The van der Waals surface area contributed by atoms with E-state index in [1.807, 2.05) is 4.90 Å². The molecule has 0 aromatic heterocycles. The maximum absolute atomic E-state index is 12.0. The van der Waals surface area contributed by atoms with Gasteiger partial charge < -0.3 is 15.1 Å². The Kier molecular flexibility index (Phi) is 3.99. The van der Waals surface area contributed by atoms with Crippen molar-refractivity contribution in [3.05, 3.63) is 0 Å². The maximum atomic E-state index is 12.0. The number of hydrogen-bond acceptors (Lipinski definition) is 3. The normalized spacial score (nSPS) is 25.1. The van der Waals surface area contributed by atoms with Crippen molar-refractivity contribution in [1.82, 2.24) is 15.1 Å². The van der Waals surface area contributed by atoms with Gasteiger partial charge in [-0.25, -0.2) is 0 Å². The first-order valence-electron chi connectivity index (χ1n) is 6.46. The largest absolute Gasteiger partial charge is 0.340 e. The molecule has 2 aliphatic heterocycles. The minimum atomic E-state index is -0.0180. The van der Waals surface area contributed by atoms with Crippen molar-refractivity contribution >= 4 is 11.8 Å². The van der Waals surface area contributed by atoms with Crippen molar-refractivity contribution in [2.45, 2.75) is 32.2 Å². The predicted octanol–water partition coefficient (Wildman–Crippen LogP) is -0.181. The molecule has 2 amide bonds. The maximum Gasteiger partial charge on any atom is 0.232 e. The quantitative estimate of drug-likeness (QED) is 0.680. The Balaban J connectivity index is 1.83. The monoisotopic (exact) mass is 239 g/mol. The molecule has 0 bridgehead atoms. The molecular weight excluding hydrogens is 218 g/mol. The Labute approximate surface area is 102 Å². The number of hydrogen-bond donors (Lipinski definition) is 1. The van der Waals surface area contributed by atoms with Gasteiger partial charge in [-0.05, 0) is 19.8 Å². The van der Waals surface area contributed by atoms with Crippen LogP contribution < -0.4 is 5.32 Å². The molecule has 0 aromatic rings. The van der Waals surface area contributed by atoms with Gasteiger partial charge in [-0.3, -0.25) is 9.59 Å². The zero-order valence-electron chi connectivity index (χ0n) is 10.4. The van der Waals surface area contributed by atoms with Crippen molar-refractivity contribution in [2.75, 3.05) is 32.7 Å². The number of nitrogens with one attached hydrogen (secondary N) is 1. The van der Waals surface area contributed by atoms with Crippen LogP contribution >= 0.6 is 0 Å². The molecule has 17 heavy (non-hydrogen) atoms. The molecule has 0 aliphatic carbocycles. The summed E-state index contributed by atoms with van der Waals surface area (Å²) in [5, 5.41) is 3.20. The molecule has 1 atom stereocenters. The summed E-state index contributed by atoms with van der Waals surface area (Å²) in [5.74, 6) is -0.0193. The molecule has 5 heteroatoms. The highest BCUT2D eigenvalue weighted by atomic mass is 16.2. The van der Waals surface area contributed by atoms with Gasteiger partial charge in [-0.15, -0.1) is 0 Å². The molecule has 2 saturated heterocycles. The van der Waals surface area contributed by atoms with E-state index in [-0.39, 0.29) is 18.2 Å². The first-order valence-corrected chi connectivity index (χ1v) is 6.46. The second-order valence-corrected chi connectivity index (χ2v) is 4.89. The van der Waals surface area contributed by atoms with E-state index in [1.165, 1.54) is 0 Å². The van der Waals surface area contributed by atoms with Gasteiger partial charge in [0.2, 0.25) is 11.8 Å². The number of carbonyl (C=O) groups excluding carboxylic acids is 2. The van der Waals surface area contributed by atoms with E-state index in [2.05, 4.69) is 12.2 Å². The zero-order chi connectivity index (χ0) is 12.3. The lowest BCUT2D eigenvalue weighted by molar-refractivity contribution is -0.141. The minimum absolute atomic E-state index is 0.00136. The third-order valence-electron chi connectivity index (χ3n) is 3.65. The van der Waals surface area contributed by atoms with Crippen molar-refractivity contribution in [2.24, 2.45) is 0 Å². The number of piperazine rings is 1. The highest BCUT2D eigenvalue weighted by molar-refractivity contribution is 5.97. The molecule has 1 unspecified atom stereocenters. The van der Waals surface area contributed by atoms with Gasteiger partial charge in [0.1, 0.15) is 6.42 Å². The fourth-order valence-electron chi connectivity index (χ4n) is 2.56. The first-order chi connectivity index (χ1) is 8.18. The number of likely N-dealkylation sites (tertiary alicyclic amines) is 1. The molecule has 0 aromatic carbocycles. The van der Waals surface area contributed by atoms with E-state index in [0.717, 1.165) is 45.6 Å². The third-order valence-corrected chi connectivity index (χ3v) is 3.65. The Morgan fingerprint density at radius 3 is 2.47 bits per heavy atom. The van der Waals surface area contributed by atoms with Crippen molar-refractivity contribution < 1.29 is 9.59 Å². The van der Waals surface area contributed by atoms with Gasteiger partial charge in [-0.2, -0.15) is 0 Å². The molecular formula is C12H21N3O2. The van der Waals surface area contributed by atoms with E-state index in [0.29, 0.717) is 6.04 Å². The van der Waals surface area contributed by atoms with Crippen LogP contribution in [0.2, 0.25) is 0 Å². The number of nitrogens with zero attached hydrogens (tertiary/aromatic N) is 2. The standard InChI is InChI=1S/C12H21N3O2/c1-10-3-2-6-15(10)12(17)9-11(16)14-7-4-13-5-8-14/h10,13H,2-9H2,1H3. The molecule has 2 heterocycles. The molecule has 5 nitrogen and oxygen atoms in total. The van der Waals surface area contributed by atoms with Crippen LogP contribution in [0.15, 0.2) is 0 Å². The summed E-state index contributed by atoms with van der Waals surface area (Å²) in [6, 6.07) is 0.304. The lowest BCUT2D eigenvalue weighted by Gasteiger charge is -2.28. The number of carbonyl (C=O) groups is 2. The van der Waals surface area contributed by atoms with E-state index >= 15 is 0 Å². The molecule has 2 aliphatic rings. The van der Waals surface area contributed by atoms with Crippen LogP contribution in [0.4, 0.5) is 0 Å². The molecule has 1 N–H and O–H groups in total. The van der Waals surface area contributed by atoms with Crippen molar-refractivity contribution in [3.63, 3.8) is 0 Å². The molecule has 2 fully saturated rings. The van der Waals surface area contributed by atoms with Crippen LogP contribution in [-0.4, -0.2) is 60.4 Å². The smallest absolute Gasteiger partial charge is 0.232 e. The van der Waals surface area contributed by atoms with Crippen molar-refractivity contribution in [1.29, 1.82) is 0 Å². The topological polar surface area (TPSA) is 52.7 Å². The van der Waals surface area contributed by atoms with Crippen LogP contribution in [0.5, 0.6) is 0 Å². The van der Waals surface area contributed by atoms with E-state index in [9.17, 15) is 9.59 Å². The third kappa shape index (κ3) is 2.97. The average Bonchev–Trinajstić information content (AvgIpc) is 2.76. The number of rotatable bonds is 2. The fraction of sp³-hybridized carbons (Fsp3) is 0.833. The minimum Gasteiger partial charge on any atom is -0.340 e. The molecule has 0 radical (unpaired) electrons. The summed E-state index contributed by atoms with van der Waals surface area (Å²) < 4.78 is 0. The van der Waals surface area contributed by atoms with Crippen LogP contribution in [-0.2, 0) is 9.59 Å². The molecule has 96 valence electrons. The van der Waals surface area contributed by atoms with Crippen LogP contribution in [0, 0.1) is 0 Å². The van der Waals surface area contributed by atoms with Gasteiger partial charge in [0.05, 0.1) is 0 Å². The van der Waals surface area contributed by atoms with Crippen molar-refractivity contribution in [3.8, 4) is 0 Å². The summed E-state index contributed by atoms with van der Waals surface area (Å²) in [5.41, 5.74) is 0. The van der Waals surface area contributed by atoms with Gasteiger partial charge in [0.25, 0.3) is 0 Å². The van der Waals surface area contributed by atoms with Gasteiger partial charge in [0.15, 0.2) is 0 Å². The summed E-state index contributed by atoms with van der Waals surface area (Å²) in [7, 11) is 0. The second kappa shape index (κ2) is 5.49. The Hall–Kier alpha value is -1.10. The summed E-state index contributed by atoms with van der Waals surface area (Å²) in [6.45, 7) is 5.98. The highest BCUT2D eigenvalue weighted by Gasteiger charge is 2.28. The van der Waals surface area contributed by atoms with E-state index < -0.39 is 0 Å². The first kappa shape index (κ1) is 12.4. The summed E-state index contributed by atoms with van der Waals surface area (Å²) in [6.07, 6.45) is 2.17. The number of amides is 2. The lowest BCUT2D eigenvalue weighted by Crippen LogP contribution is -2.48.